The van der Waals surface area contributed by atoms with Crippen LogP contribution in [0.15, 0.2) is 57.9 Å². The molecule has 3 aromatic rings. The van der Waals surface area contributed by atoms with Crippen molar-refractivity contribution in [3.63, 3.8) is 0 Å². The Morgan fingerprint density at radius 1 is 0.946 bits per heavy atom. The molecule has 2 aliphatic rings. The predicted octanol–water partition coefficient (Wildman–Crippen LogP) is 3.10. The van der Waals surface area contributed by atoms with Gasteiger partial charge in [-0.2, -0.15) is 9.29 Å². The fourth-order valence-corrected chi connectivity index (χ4v) is 6.47. The van der Waals surface area contributed by atoms with Crippen LogP contribution in [0.2, 0.25) is 0 Å². The predicted molar refractivity (Wildman–Crippen MR) is 139 cm³/mol. The average molecular weight is 524 g/mol. The maximum atomic E-state index is 13.2. The average Bonchev–Trinajstić information content (AvgIpc) is 3.37. The molecular weight excluding hydrogens is 490 g/mol. The summed E-state index contributed by atoms with van der Waals surface area (Å²) in [5.74, 6) is 1.27. The van der Waals surface area contributed by atoms with Crippen LogP contribution in [0, 0.1) is 19.8 Å². The van der Waals surface area contributed by atoms with Gasteiger partial charge in [0.2, 0.25) is 27.6 Å². The van der Waals surface area contributed by atoms with Gasteiger partial charge in [0.25, 0.3) is 0 Å². The molecule has 10 heteroatoms. The summed E-state index contributed by atoms with van der Waals surface area (Å²) in [6.45, 7) is 7.56. The second-order valence-electron chi connectivity index (χ2n) is 9.92. The molecule has 5 rings (SSSR count). The van der Waals surface area contributed by atoms with Crippen LogP contribution in [0.25, 0.3) is 11.4 Å². The number of piperidine rings is 1. The van der Waals surface area contributed by atoms with Gasteiger partial charge in [0.15, 0.2) is 0 Å². The van der Waals surface area contributed by atoms with Crippen LogP contribution in [0.3, 0.4) is 0 Å². The highest BCUT2D eigenvalue weighted by atomic mass is 32.2. The van der Waals surface area contributed by atoms with Crippen molar-refractivity contribution in [3.05, 3.63) is 65.5 Å². The SMILES string of the molecule is Cc1ccc(S(=O)(=O)N2CCN(C(=O)C3CCN(Cc4nc(-c5ccccc5C)no4)CC3)CC2)cc1. The molecule has 3 heterocycles. The number of piperazine rings is 1. The minimum Gasteiger partial charge on any atom is -0.340 e. The van der Waals surface area contributed by atoms with E-state index in [1.807, 2.05) is 43.0 Å². The molecule has 1 amide bonds. The van der Waals surface area contributed by atoms with Crippen molar-refractivity contribution >= 4 is 15.9 Å². The molecule has 0 radical (unpaired) electrons. The van der Waals surface area contributed by atoms with Crippen LogP contribution in [-0.4, -0.2) is 77.8 Å². The Morgan fingerprint density at radius 2 is 1.62 bits per heavy atom. The number of aromatic nitrogens is 2. The van der Waals surface area contributed by atoms with Crippen molar-refractivity contribution < 1.29 is 17.7 Å². The number of hydrogen-bond donors (Lipinski definition) is 0. The van der Waals surface area contributed by atoms with E-state index in [-0.39, 0.29) is 11.8 Å². The van der Waals surface area contributed by atoms with Crippen molar-refractivity contribution in [2.75, 3.05) is 39.3 Å². The molecule has 2 fully saturated rings. The van der Waals surface area contributed by atoms with Gasteiger partial charge >= 0.3 is 0 Å². The number of hydrogen-bond acceptors (Lipinski definition) is 7. The van der Waals surface area contributed by atoms with Gasteiger partial charge in [-0.05, 0) is 57.5 Å². The quantitative estimate of drug-likeness (QED) is 0.490. The van der Waals surface area contributed by atoms with Crippen LogP contribution in [0.1, 0.15) is 29.9 Å². The number of rotatable bonds is 6. The zero-order valence-electron chi connectivity index (χ0n) is 21.3. The van der Waals surface area contributed by atoms with Gasteiger partial charge in [0.05, 0.1) is 11.4 Å². The maximum Gasteiger partial charge on any atom is 0.243 e. The first kappa shape index (κ1) is 25.6. The lowest BCUT2D eigenvalue weighted by atomic mass is 9.95. The molecular formula is C27H33N5O4S. The topological polar surface area (TPSA) is 99.9 Å². The fraction of sp³-hybridized carbons (Fsp3) is 0.444. The Hall–Kier alpha value is -3.08. The van der Waals surface area contributed by atoms with Gasteiger partial charge in [-0.1, -0.05) is 47.1 Å². The van der Waals surface area contributed by atoms with Gasteiger partial charge in [0.1, 0.15) is 0 Å². The van der Waals surface area contributed by atoms with Crippen molar-refractivity contribution in [2.24, 2.45) is 5.92 Å². The third kappa shape index (κ3) is 5.61. The Kier molecular flexibility index (Phi) is 7.41. The minimum atomic E-state index is -3.54. The van der Waals surface area contributed by atoms with Gasteiger partial charge in [-0.3, -0.25) is 9.69 Å². The molecule has 196 valence electrons. The number of carbonyl (C=O) groups excluding carboxylic acids is 1. The second kappa shape index (κ2) is 10.7. The minimum absolute atomic E-state index is 0.0401. The van der Waals surface area contributed by atoms with Gasteiger partial charge in [-0.25, -0.2) is 8.42 Å². The standard InChI is InChI=1S/C27H33N5O4S/c1-20-7-9-23(10-8-20)37(34,35)32-17-15-31(16-18-32)27(33)22-11-13-30(14-12-22)19-25-28-26(29-36-25)24-6-4-3-5-21(24)2/h3-10,22H,11-19H2,1-2H3. The second-order valence-corrected chi connectivity index (χ2v) is 11.9. The number of sulfonamides is 1. The van der Waals surface area contributed by atoms with E-state index in [2.05, 4.69) is 15.0 Å². The lowest BCUT2D eigenvalue weighted by Gasteiger charge is -2.38. The number of carbonyl (C=O) groups is 1. The van der Waals surface area contributed by atoms with E-state index in [9.17, 15) is 13.2 Å². The van der Waals surface area contributed by atoms with Gasteiger partial charge < -0.3 is 9.42 Å². The summed E-state index contributed by atoms with van der Waals surface area (Å²) in [6.07, 6.45) is 1.53. The molecule has 0 N–H and O–H groups in total. The van der Waals surface area contributed by atoms with Crippen LogP contribution in [0.5, 0.6) is 0 Å². The Labute approximate surface area is 218 Å². The Morgan fingerprint density at radius 3 is 2.30 bits per heavy atom. The highest BCUT2D eigenvalue weighted by molar-refractivity contribution is 7.89. The van der Waals surface area contributed by atoms with Crippen molar-refractivity contribution in [2.45, 2.75) is 38.1 Å². The lowest BCUT2D eigenvalue weighted by Crippen LogP contribution is -2.52. The molecule has 0 bridgehead atoms. The van der Waals surface area contributed by atoms with Crippen LogP contribution < -0.4 is 0 Å². The zero-order valence-corrected chi connectivity index (χ0v) is 22.2. The molecule has 1 aromatic heterocycles. The Bertz CT molecular complexity index is 1340. The van der Waals surface area contributed by atoms with E-state index in [4.69, 9.17) is 4.52 Å². The summed E-state index contributed by atoms with van der Waals surface area (Å²) in [6, 6.07) is 14.9. The molecule has 0 aliphatic carbocycles. The maximum absolute atomic E-state index is 13.2. The molecule has 37 heavy (non-hydrogen) atoms. The van der Waals surface area contributed by atoms with Crippen LogP contribution in [0.4, 0.5) is 0 Å². The van der Waals surface area contributed by atoms with Gasteiger partial charge in [0, 0.05) is 37.7 Å². The van der Waals surface area contributed by atoms with E-state index in [0.717, 1.165) is 42.6 Å². The molecule has 2 aromatic carbocycles. The third-order valence-corrected chi connectivity index (χ3v) is 9.27. The molecule has 2 saturated heterocycles. The van der Waals surface area contributed by atoms with E-state index >= 15 is 0 Å². The largest absolute Gasteiger partial charge is 0.340 e. The molecule has 0 saturated carbocycles. The first-order valence-corrected chi connectivity index (χ1v) is 14.2. The summed E-state index contributed by atoms with van der Waals surface area (Å²) in [5.41, 5.74) is 3.08. The van der Waals surface area contributed by atoms with E-state index < -0.39 is 10.0 Å². The molecule has 9 nitrogen and oxygen atoms in total. The summed E-state index contributed by atoms with van der Waals surface area (Å²) >= 11 is 0. The Balaban J connectivity index is 1.10. The highest BCUT2D eigenvalue weighted by Crippen LogP contribution is 2.25. The van der Waals surface area contributed by atoms with E-state index in [1.54, 1.807) is 24.3 Å². The number of aryl methyl sites for hydroxylation is 2. The van der Waals surface area contributed by atoms with Crippen LogP contribution >= 0.6 is 0 Å². The fourth-order valence-electron chi connectivity index (χ4n) is 5.05. The molecule has 0 atom stereocenters. The van der Waals surface area contributed by atoms with Crippen molar-refractivity contribution in [3.8, 4) is 11.4 Å². The van der Waals surface area contributed by atoms with Crippen LogP contribution in [-0.2, 0) is 21.4 Å². The number of amides is 1. The van der Waals surface area contributed by atoms with Crippen molar-refractivity contribution in [1.82, 2.24) is 24.2 Å². The monoisotopic (exact) mass is 523 g/mol. The zero-order chi connectivity index (χ0) is 26.0. The first-order valence-electron chi connectivity index (χ1n) is 12.8. The summed E-state index contributed by atoms with van der Waals surface area (Å²) in [5, 5.41) is 4.14. The highest BCUT2D eigenvalue weighted by Gasteiger charge is 2.34. The third-order valence-electron chi connectivity index (χ3n) is 7.36. The normalized spacial score (nSPS) is 18.3. The molecule has 2 aliphatic heterocycles. The molecule has 0 spiro atoms. The molecule has 0 unspecified atom stereocenters. The summed E-state index contributed by atoms with van der Waals surface area (Å²) < 4.78 is 32.9. The summed E-state index contributed by atoms with van der Waals surface area (Å²) in [7, 11) is -3.54. The lowest BCUT2D eigenvalue weighted by molar-refractivity contribution is -0.138. The summed E-state index contributed by atoms with van der Waals surface area (Å²) in [4.78, 5) is 22.1. The van der Waals surface area contributed by atoms with E-state index in [0.29, 0.717) is 49.3 Å². The van der Waals surface area contributed by atoms with E-state index in [1.165, 1.54) is 4.31 Å². The van der Waals surface area contributed by atoms with Crippen molar-refractivity contribution in [1.29, 1.82) is 0 Å². The smallest absolute Gasteiger partial charge is 0.243 e. The number of benzene rings is 2. The van der Waals surface area contributed by atoms with Gasteiger partial charge in [-0.15, -0.1) is 0 Å². The number of likely N-dealkylation sites (tertiary alicyclic amines) is 1. The first-order chi connectivity index (χ1) is 17.8. The number of nitrogens with zero attached hydrogens (tertiary/aromatic N) is 5.